The zero-order chi connectivity index (χ0) is 26.5. The summed E-state index contributed by atoms with van der Waals surface area (Å²) in [6.45, 7) is 3.13. The average molecular weight is 503 g/mol. The van der Waals surface area contributed by atoms with E-state index in [0.717, 1.165) is 5.56 Å². The van der Waals surface area contributed by atoms with Crippen molar-refractivity contribution in [3.8, 4) is 11.5 Å². The van der Waals surface area contributed by atoms with Crippen LogP contribution in [0.1, 0.15) is 30.5 Å². The molecule has 3 aromatic carbocycles. The summed E-state index contributed by atoms with van der Waals surface area (Å²) >= 11 is 0. The number of ether oxygens (including phenoxy) is 3. The van der Waals surface area contributed by atoms with E-state index in [1.54, 1.807) is 25.1 Å². The first-order valence-corrected chi connectivity index (χ1v) is 11.6. The van der Waals surface area contributed by atoms with E-state index in [1.807, 2.05) is 60.7 Å². The van der Waals surface area contributed by atoms with Gasteiger partial charge in [-0.25, -0.2) is 0 Å². The summed E-state index contributed by atoms with van der Waals surface area (Å²) in [6, 6.07) is 23.6. The van der Waals surface area contributed by atoms with Gasteiger partial charge in [-0.2, -0.15) is 12.1 Å². The molecule has 190 valence electrons. The number of amidine groups is 1. The summed E-state index contributed by atoms with van der Waals surface area (Å²) in [5.74, 6) is -0.242. The number of carbonyl (C=O) groups is 2. The number of hydrogen-bond acceptors (Lipinski definition) is 5. The maximum atomic E-state index is 12.6. The van der Waals surface area contributed by atoms with Gasteiger partial charge in [0.25, 0.3) is 0 Å². The van der Waals surface area contributed by atoms with Crippen LogP contribution in [0.4, 0.5) is 0 Å². The van der Waals surface area contributed by atoms with Gasteiger partial charge in [-0.1, -0.05) is 73.2 Å². The predicted octanol–water partition coefficient (Wildman–Crippen LogP) is 1.81. The van der Waals surface area contributed by atoms with Crippen molar-refractivity contribution in [3.63, 3.8) is 0 Å². The summed E-state index contributed by atoms with van der Waals surface area (Å²) in [5, 5.41) is 12.0. The van der Waals surface area contributed by atoms with Gasteiger partial charge in [-0.3, -0.25) is 9.59 Å². The Kier molecular flexibility index (Phi) is 12.6. The number of nitrogens with one attached hydrogen (secondary N) is 1. The fourth-order valence-electron chi connectivity index (χ4n) is 3.07. The molecule has 0 aliphatic rings. The van der Waals surface area contributed by atoms with E-state index in [9.17, 15) is 15.0 Å². The molecule has 3 rings (SSSR count). The Labute approximate surface area is 234 Å². The molecule has 38 heavy (non-hydrogen) atoms. The van der Waals surface area contributed by atoms with E-state index in [0.29, 0.717) is 22.6 Å². The first-order valence-electron chi connectivity index (χ1n) is 11.6. The van der Waals surface area contributed by atoms with Gasteiger partial charge in [-0.05, 0) is 30.7 Å². The Morgan fingerprint density at radius 3 is 2.29 bits per heavy atom. The van der Waals surface area contributed by atoms with Gasteiger partial charge in [0.1, 0.15) is 18.9 Å². The Balaban J connectivity index is 0.00000507. The molecule has 0 saturated carbocycles. The molecule has 0 aliphatic carbocycles. The molecule has 0 atom stereocenters. The number of carbonyl (C=O) groups excluding carboxylic acids is 2. The number of amides is 1. The van der Waals surface area contributed by atoms with Gasteiger partial charge in [0.2, 0.25) is 0 Å². The molecule has 0 unspecified atom stereocenters. The fraction of sp³-hybridized carbons (Fsp3) is 0.172. The van der Waals surface area contributed by atoms with Crippen LogP contribution in [0.2, 0.25) is 0 Å². The molecule has 0 aromatic heterocycles. The standard InChI is InChI=1S/C29H26N3O5.Li/c1-3-35-29(34)19-32-28(33)17-27(36-20-22-10-6-4-7-11-22)26-15-14-25(16-23(26)18-31-21(2)30)37-24-12-8-5-9-13-24;/h4-16H,3,19-20H2,1-2H3,(H,32,33);/q-3;+1. The molecule has 0 radical (unpaired) electrons. The minimum absolute atomic E-state index is 0. The topological polar surface area (TPSA) is 109 Å². The number of para-hydroxylation sites is 1. The normalized spacial score (nSPS) is 10.8. The Morgan fingerprint density at radius 1 is 0.947 bits per heavy atom. The second-order valence-electron chi connectivity index (χ2n) is 7.61. The van der Waals surface area contributed by atoms with Crippen molar-refractivity contribution in [3.05, 3.63) is 107 Å². The van der Waals surface area contributed by atoms with E-state index >= 15 is 0 Å². The number of aliphatic imine (C=N–C) groups is 1. The van der Waals surface area contributed by atoms with Crippen molar-refractivity contribution in [2.24, 2.45) is 4.99 Å². The van der Waals surface area contributed by atoms with Crippen LogP contribution in [-0.4, -0.2) is 37.1 Å². The maximum Gasteiger partial charge on any atom is 1.00 e. The molecule has 3 aromatic rings. The van der Waals surface area contributed by atoms with Crippen LogP contribution in [0.25, 0.3) is 11.2 Å². The van der Waals surface area contributed by atoms with Crippen LogP contribution >= 0.6 is 0 Å². The summed E-state index contributed by atoms with van der Waals surface area (Å²) in [7, 11) is 0. The zero-order valence-corrected chi connectivity index (χ0v) is 21.6. The Bertz CT molecular complexity index is 1280. The van der Waals surface area contributed by atoms with E-state index in [4.69, 9.17) is 14.2 Å². The van der Waals surface area contributed by atoms with E-state index in [-0.39, 0.29) is 50.2 Å². The molecule has 0 fully saturated rings. The van der Waals surface area contributed by atoms with Gasteiger partial charge in [-0.15, -0.1) is 11.6 Å². The molecule has 0 heterocycles. The van der Waals surface area contributed by atoms with Crippen molar-refractivity contribution in [2.75, 3.05) is 13.2 Å². The quantitative estimate of drug-likeness (QED) is 0.0817. The van der Waals surface area contributed by atoms with E-state index < -0.39 is 11.9 Å². The SMILES string of the molecule is CCOC(=O)CNC(=O)[C-]=C(OCc1ccccc1)c1ccc(Oc2ccccc2)cc1[C-]=NC(C)=[N-].[Li+]. The van der Waals surface area contributed by atoms with Gasteiger partial charge in [0.05, 0.1) is 12.4 Å². The van der Waals surface area contributed by atoms with Gasteiger partial charge >= 0.3 is 24.8 Å². The number of rotatable bonds is 11. The first kappa shape index (κ1) is 30.1. The van der Waals surface area contributed by atoms with Crippen LogP contribution < -0.4 is 28.9 Å². The second-order valence-corrected chi connectivity index (χ2v) is 7.61. The fourth-order valence-corrected chi connectivity index (χ4v) is 3.07. The third-order valence-electron chi connectivity index (χ3n) is 4.70. The summed E-state index contributed by atoms with van der Waals surface area (Å²) < 4.78 is 16.7. The molecule has 0 spiro atoms. The van der Waals surface area contributed by atoms with Crippen molar-refractivity contribution in [1.29, 1.82) is 0 Å². The van der Waals surface area contributed by atoms with E-state index in [2.05, 4.69) is 22.6 Å². The van der Waals surface area contributed by atoms with E-state index in [1.165, 1.54) is 6.92 Å². The van der Waals surface area contributed by atoms with Crippen LogP contribution in [0.5, 0.6) is 11.5 Å². The molecule has 0 aliphatic heterocycles. The number of hydrogen-bond donors (Lipinski definition) is 1. The van der Waals surface area contributed by atoms with Crippen molar-refractivity contribution < 1.29 is 42.7 Å². The number of esters is 1. The molecule has 1 N–H and O–H groups in total. The van der Waals surface area contributed by atoms with Gasteiger partial charge in [0.15, 0.2) is 5.91 Å². The smallest absolute Gasteiger partial charge is 0.540 e. The number of benzene rings is 3. The summed E-state index contributed by atoms with van der Waals surface area (Å²) in [4.78, 5) is 28.1. The van der Waals surface area contributed by atoms with Crippen LogP contribution in [0.15, 0.2) is 83.9 Å². The van der Waals surface area contributed by atoms with Gasteiger partial charge < -0.3 is 29.9 Å². The molecule has 8 nitrogen and oxygen atoms in total. The molecular formula is C29H26LiN3O5-2. The Hall–Kier alpha value is -4.12. The van der Waals surface area contributed by atoms with Crippen LogP contribution in [-0.2, 0) is 25.7 Å². The summed E-state index contributed by atoms with van der Waals surface area (Å²) in [6.07, 6.45) is 5.41. The Morgan fingerprint density at radius 2 is 1.63 bits per heavy atom. The minimum Gasteiger partial charge on any atom is -0.540 e. The molecular weight excluding hydrogens is 477 g/mol. The zero-order valence-electron chi connectivity index (χ0n) is 21.6. The largest absolute Gasteiger partial charge is 1.00 e. The molecule has 0 bridgehead atoms. The van der Waals surface area contributed by atoms with Crippen molar-refractivity contribution >= 4 is 29.7 Å². The first-order chi connectivity index (χ1) is 17.9. The van der Waals surface area contributed by atoms with Crippen LogP contribution in [0.3, 0.4) is 0 Å². The molecule has 0 saturated heterocycles. The van der Waals surface area contributed by atoms with Crippen molar-refractivity contribution in [1.82, 2.24) is 5.32 Å². The third kappa shape index (κ3) is 10.1. The monoisotopic (exact) mass is 503 g/mol. The molecule has 9 heteroatoms. The van der Waals surface area contributed by atoms with Gasteiger partial charge in [0, 0.05) is 5.76 Å². The summed E-state index contributed by atoms with van der Waals surface area (Å²) in [5.41, 5.74) is 1.68. The second kappa shape index (κ2) is 15.9. The maximum absolute atomic E-state index is 12.6. The minimum atomic E-state index is -0.673. The predicted molar refractivity (Wildman–Crippen MR) is 141 cm³/mol. The average Bonchev–Trinajstić information content (AvgIpc) is 2.90. The van der Waals surface area contributed by atoms with Crippen LogP contribution in [0, 0.1) is 6.08 Å². The number of nitrogens with zero attached hydrogens (tertiary/aromatic N) is 2. The molecule has 1 amide bonds. The third-order valence-corrected chi connectivity index (χ3v) is 4.70. The van der Waals surface area contributed by atoms with Crippen molar-refractivity contribution in [2.45, 2.75) is 20.5 Å².